The molecule has 1 aromatic rings. The van der Waals surface area contributed by atoms with E-state index in [1.807, 2.05) is 11.6 Å². The third-order valence-electron chi connectivity index (χ3n) is 6.39. The minimum atomic E-state index is 0. The maximum atomic E-state index is 12.4. The second-order valence-electron chi connectivity index (χ2n) is 8.37. The van der Waals surface area contributed by atoms with Gasteiger partial charge in [-0.1, -0.05) is 19.3 Å². The van der Waals surface area contributed by atoms with E-state index in [0.717, 1.165) is 63.6 Å². The van der Waals surface area contributed by atoms with Crippen molar-refractivity contribution in [3.8, 4) is 0 Å². The molecule has 1 saturated heterocycles. The number of halogens is 1. The van der Waals surface area contributed by atoms with Crippen molar-refractivity contribution in [3.05, 3.63) is 16.3 Å². The molecule has 0 aromatic carbocycles. The highest BCUT2D eigenvalue weighted by molar-refractivity contribution is 14.0. The number of nitrogens with one attached hydrogen (secondary N) is 1. The van der Waals surface area contributed by atoms with Gasteiger partial charge in [-0.15, -0.1) is 24.0 Å². The first-order valence-electron chi connectivity index (χ1n) is 11.0. The van der Waals surface area contributed by atoms with Gasteiger partial charge in [0.05, 0.1) is 0 Å². The zero-order valence-corrected chi connectivity index (χ0v) is 20.7. The van der Waals surface area contributed by atoms with Gasteiger partial charge in [0.15, 0.2) is 5.96 Å². The highest BCUT2D eigenvalue weighted by Gasteiger charge is 2.38. The molecule has 0 amide bonds. The highest BCUT2D eigenvalue weighted by atomic mass is 127. The molecule has 3 aliphatic rings. The zero-order chi connectivity index (χ0) is 19.4. The summed E-state index contributed by atoms with van der Waals surface area (Å²) in [5, 5.41) is 8.06. The summed E-state index contributed by atoms with van der Waals surface area (Å²) >= 11 is 2.19. The monoisotopic (exact) mass is 534 g/mol. The summed E-state index contributed by atoms with van der Waals surface area (Å²) in [6.07, 6.45) is 10.9. The second kappa shape index (κ2) is 10.5. The van der Waals surface area contributed by atoms with Crippen molar-refractivity contribution >= 4 is 41.7 Å². The minimum Gasteiger partial charge on any atom is -0.356 e. The van der Waals surface area contributed by atoms with Crippen LogP contribution in [0.2, 0.25) is 0 Å². The Hall–Kier alpha value is -0.710. The Labute approximate surface area is 195 Å². The molecule has 9 heteroatoms. The van der Waals surface area contributed by atoms with Crippen molar-refractivity contribution in [2.24, 2.45) is 4.99 Å². The lowest BCUT2D eigenvalue weighted by Gasteiger charge is -2.45. The molecule has 1 aromatic heterocycles. The number of thioether (sulfide) groups is 1. The van der Waals surface area contributed by atoms with E-state index in [2.05, 4.69) is 32.1 Å². The number of hydrogen-bond acceptors (Lipinski definition) is 4. The molecule has 1 N–H and O–H groups in total. The van der Waals surface area contributed by atoms with Crippen molar-refractivity contribution in [2.75, 3.05) is 32.4 Å². The maximum Gasteiger partial charge on any atom is 0.345 e. The lowest BCUT2D eigenvalue weighted by molar-refractivity contribution is 0.293. The van der Waals surface area contributed by atoms with E-state index >= 15 is 0 Å². The standard InChI is InChI=1S/C20H34N6OS.HI/c1-21-18(24-14-15-28-20(16-24)9-4-2-5-10-20)22-11-7-13-26-19(27)25-12-6-3-8-17(25)23-26;/h2-16H2,1H3,(H,21,22);1H. The van der Waals surface area contributed by atoms with Crippen LogP contribution in [0, 0.1) is 0 Å². The van der Waals surface area contributed by atoms with Crippen LogP contribution in [0.25, 0.3) is 0 Å². The molecule has 4 rings (SSSR count). The van der Waals surface area contributed by atoms with E-state index in [1.54, 1.807) is 4.68 Å². The van der Waals surface area contributed by atoms with Gasteiger partial charge in [-0.3, -0.25) is 9.56 Å². The number of aryl methyl sites for hydroxylation is 2. The third kappa shape index (κ3) is 5.32. The molecule has 0 bridgehead atoms. The molecule has 1 spiro atoms. The molecule has 2 fully saturated rings. The number of fused-ring (bicyclic) bond motifs is 1. The van der Waals surface area contributed by atoms with E-state index < -0.39 is 0 Å². The number of guanidine groups is 1. The quantitative estimate of drug-likeness (QED) is 0.279. The summed E-state index contributed by atoms with van der Waals surface area (Å²) < 4.78 is 3.95. The Bertz CT molecular complexity index is 749. The predicted octanol–water partition coefficient (Wildman–Crippen LogP) is 2.72. The van der Waals surface area contributed by atoms with Gasteiger partial charge in [0, 0.05) is 56.7 Å². The van der Waals surface area contributed by atoms with Crippen molar-refractivity contribution in [3.63, 3.8) is 0 Å². The smallest absolute Gasteiger partial charge is 0.345 e. The van der Waals surface area contributed by atoms with Crippen LogP contribution in [0.3, 0.4) is 0 Å². The lowest BCUT2D eigenvalue weighted by Crippen LogP contribution is -2.53. The summed E-state index contributed by atoms with van der Waals surface area (Å²) in [7, 11) is 1.88. The van der Waals surface area contributed by atoms with Crippen LogP contribution in [-0.2, 0) is 19.5 Å². The molecule has 0 radical (unpaired) electrons. The fraction of sp³-hybridized carbons (Fsp3) is 0.850. The lowest BCUT2D eigenvalue weighted by atomic mass is 9.87. The number of rotatable bonds is 4. The van der Waals surface area contributed by atoms with Gasteiger partial charge in [0.25, 0.3) is 0 Å². The first-order chi connectivity index (χ1) is 13.7. The van der Waals surface area contributed by atoms with Gasteiger partial charge in [0.1, 0.15) is 5.82 Å². The Kier molecular flexibility index (Phi) is 8.35. The molecule has 29 heavy (non-hydrogen) atoms. The number of nitrogens with zero attached hydrogens (tertiary/aromatic N) is 5. The first-order valence-corrected chi connectivity index (χ1v) is 12.0. The molecular weight excluding hydrogens is 499 g/mol. The summed E-state index contributed by atoms with van der Waals surface area (Å²) in [6, 6.07) is 0. The maximum absolute atomic E-state index is 12.4. The van der Waals surface area contributed by atoms with Gasteiger partial charge in [0.2, 0.25) is 0 Å². The molecular formula is C20H35IN6OS. The third-order valence-corrected chi connectivity index (χ3v) is 7.92. The molecule has 7 nitrogen and oxygen atoms in total. The van der Waals surface area contributed by atoms with Crippen molar-refractivity contribution in [1.29, 1.82) is 0 Å². The highest BCUT2D eigenvalue weighted by Crippen LogP contribution is 2.42. The average Bonchev–Trinajstić information content (AvgIpc) is 3.05. The van der Waals surface area contributed by atoms with Crippen LogP contribution >= 0.6 is 35.7 Å². The van der Waals surface area contributed by atoms with Crippen molar-refractivity contribution < 1.29 is 0 Å². The van der Waals surface area contributed by atoms with Gasteiger partial charge in [-0.05, 0) is 32.1 Å². The van der Waals surface area contributed by atoms with Gasteiger partial charge in [-0.25, -0.2) is 9.48 Å². The van der Waals surface area contributed by atoms with Crippen molar-refractivity contribution in [2.45, 2.75) is 75.6 Å². The van der Waals surface area contributed by atoms with Crippen LogP contribution < -0.4 is 11.0 Å². The van der Waals surface area contributed by atoms with Crippen molar-refractivity contribution in [1.82, 2.24) is 24.6 Å². The summed E-state index contributed by atoms with van der Waals surface area (Å²) in [5.41, 5.74) is 0.0615. The Morgan fingerprint density at radius 3 is 2.79 bits per heavy atom. The normalized spacial score (nSPS) is 21.6. The largest absolute Gasteiger partial charge is 0.356 e. The molecule has 1 aliphatic carbocycles. The summed E-state index contributed by atoms with van der Waals surface area (Å²) in [6.45, 7) is 4.50. The molecule has 3 heterocycles. The van der Waals surface area contributed by atoms with Crippen LogP contribution in [0.15, 0.2) is 9.79 Å². The van der Waals surface area contributed by atoms with Crippen LogP contribution in [0.1, 0.15) is 57.2 Å². The molecule has 2 aliphatic heterocycles. The average molecular weight is 535 g/mol. The summed E-state index contributed by atoms with van der Waals surface area (Å²) in [4.78, 5) is 19.4. The Morgan fingerprint density at radius 1 is 1.21 bits per heavy atom. The summed E-state index contributed by atoms with van der Waals surface area (Å²) in [5.74, 6) is 3.17. The van der Waals surface area contributed by atoms with E-state index in [1.165, 1.54) is 37.9 Å². The van der Waals surface area contributed by atoms with E-state index in [4.69, 9.17) is 0 Å². The Morgan fingerprint density at radius 2 is 2.03 bits per heavy atom. The Balaban J connectivity index is 0.00000240. The second-order valence-corrected chi connectivity index (χ2v) is 9.93. The fourth-order valence-corrected chi connectivity index (χ4v) is 6.45. The van der Waals surface area contributed by atoms with Gasteiger partial charge >= 0.3 is 5.69 Å². The van der Waals surface area contributed by atoms with E-state index in [9.17, 15) is 4.79 Å². The van der Waals surface area contributed by atoms with Gasteiger partial charge in [-0.2, -0.15) is 16.9 Å². The first kappa shape index (κ1) is 23.0. The van der Waals surface area contributed by atoms with E-state index in [-0.39, 0.29) is 29.7 Å². The molecule has 1 saturated carbocycles. The number of aromatic nitrogens is 3. The van der Waals surface area contributed by atoms with Gasteiger partial charge < -0.3 is 10.2 Å². The zero-order valence-electron chi connectivity index (χ0n) is 17.6. The topological polar surface area (TPSA) is 67.5 Å². The molecule has 0 atom stereocenters. The minimum absolute atomic E-state index is 0. The predicted molar refractivity (Wildman–Crippen MR) is 131 cm³/mol. The van der Waals surface area contributed by atoms with Crippen LogP contribution in [0.4, 0.5) is 0 Å². The van der Waals surface area contributed by atoms with Crippen LogP contribution in [0.5, 0.6) is 0 Å². The van der Waals surface area contributed by atoms with Crippen LogP contribution in [-0.4, -0.2) is 62.4 Å². The molecule has 164 valence electrons. The SMILES string of the molecule is CN=C(NCCCn1nc2n(c1=O)CCCC2)N1CCSC2(CCCCC2)C1.I. The number of aliphatic imine (C=N–C) groups is 1. The molecule has 0 unspecified atom stereocenters. The van der Waals surface area contributed by atoms with E-state index in [0.29, 0.717) is 11.3 Å². The number of hydrogen-bond donors (Lipinski definition) is 1. The fourth-order valence-electron chi connectivity index (χ4n) is 4.88.